The molecule has 64 valence electrons. The fraction of sp³-hybridized carbons (Fsp3) is 0. The monoisotopic (exact) mass is 268 g/mol. The molecule has 0 unspecified atom stereocenters. The van der Waals surface area contributed by atoms with Gasteiger partial charge in [-0.05, 0) is 17.6 Å². The lowest BCUT2D eigenvalue weighted by Gasteiger charge is -2.04. The number of halogens is 3. The molecule has 0 spiro atoms. The molecule has 0 radical (unpaired) electrons. The minimum absolute atomic E-state index is 0.294. The van der Waals surface area contributed by atoms with Crippen LogP contribution in [0.4, 0.5) is 0 Å². The van der Waals surface area contributed by atoms with Gasteiger partial charge in [0.2, 0.25) is 0 Å². The van der Waals surface area contributed by atoms with Gasteiger partial charge in [-0.25, -0.2) is 0 Å². The zero-order valence-corrected chi connectivity index (χ0v) is 8.86. The Hall–Kier alpha value is 0.265. The van der Waals surface area contributed by atoms with Crippen LogP contribution in [0.1, 0.15) is 0 Å². The molecule has 0 fully saturated rings. The molecule has 1 aromatic carbocycles. The minimum Gasteiger partial charge on any atom is -0.423 e. The van der Waals surface area contributed by atoms with Crippen LogP contribution in [0.2, 0.25) is 10.0 Å². The summed E-state index contributed by atoms with van der Waals surface area (Å²) in [5.41, 5.74) is 0.296. The molecule has 0 aliphatic rings. The summed E-state index contributed by atoms with van der Waals surface area (Å²) in [4.78, 5) is 0. The lowest BCUT2D eigenvalue weighted by Crippen LogP contribution is -2.30. The standard InChI is InChI=1S/C6H4BBrCl2O2/c8-4-2-6(10)5(9)1-3(4)7(11)12/h1-2,11-12H. The SMILES string of the molecule is OB(O)c1cc(Cl)c(Cl)cc1Br. The Morgan fingerprint density at radius 1 is 1.17 bits per heavy atom. The van der Waals surface area contributed by atoms with Crippen LogP contribution in [0.3, 0.4) is 0 Å². The summed E-state index contributed by atoms with van der Waals surface area (Å²) < 4.78 is 0.520. The Kier molecular flexibility index (Phi) is 3.43. The van der Waals surface area contributed by atoms with E-state index in [1.807, 2.05) is 0 Å². The van der Waals surface area contributed by atoms with E-state index in [9.17, 15) is 0 Å². The fourth-order valence-electron chi connectivity index (χ4n) is 0.736. The molecule has 0 aliphatic carbocycles. The topological polar surface area (TPSA) is 40.5 Å². The summed E-state index contributed by atoms with van der Waals surface area (Å²) in [5.74, 6) is 0. The number of hydrogen-bond acceptors (Lipinski definition) is 2. The molecule has 0 aromatic heterocycles. The van der Waals surface area contributed by atoms with Gasteiger partial charge in [0.05, 0.1) is 10.0 Å². The maximum absolute atomic E-state index is 8.84. The second-order valence-electron chi connectivity index (χ2n) is 2.16. The van der Waals surface area contributed by atoms with Gasteiger partial charge < -0.3 is 10.0 Å². The number of rotatable bonds is 1. The Labute approximate surface area is 88.4 Å². The second kappa shape index (κ2) is 3.98. The largest absolute Gasteiger partial charge is 0.489 e. The zero-order chi connectivity index (χ0) is 9.30. The van der Waals surface area contributed by atoms with Gasteiger partial charge in [-0.2, -0.15) is 0 Å². The summed E-state index contributed by atoms with van der Waals surface area (Å²) in [5, 5.41) is 18.4. The molecule has 0 bridgehead atoms. The maximum Gasteiger partial charge on any atom is 0.489 e. The van der Waals surface area contributed by atoms with Gasteiger partial charge in [-0.1, -0.05) is 39.1 Å². The summed E-state index contributed by atoms with van der Waals surface area (Å²) in [6.45, 7) is 0. The first-order valence-electron chi connectivity index (χ1n) is 3.03. The summed E-state index contributed by atoms with van der Waals surface area (Å²) in [6.07, 6.45) is 0. The fourth-order valence-corrected chi connectivity index (χ4v) is 1.75. The van der Waals surface area contributed by atoms with Gasteiger partial charge in [-0.15, -0.1) is 0 Å². The lowest BCUT2D eigenvalue weighted by atomic mass is 9.80. The first-order valence-corrected chi connectivity index (χ1v) is 4.58. The molecule has 2 nitrogen and oxygen atoms in total. The molecule has 0 heterocycles. The van der Waals surface area contributed by atoms with Gasteiger partial charge in [-0.3, -0.25) is 0 Å². The van der Waals surface area contributed by atoms with E-state index in [0.717, 1.165) is 0 Å². The quantitative estimate of drug-likeness (QED) is 0.598. The van der Waals surface area contributed by atoms with E-state index in [2.05, 4.69) is 15.9 Å². The van der Waals surface area contributed by atoms with Gasteiger partial charge in [0.1, 0.15) is 0 Å². The molecule has 12 heavy (non-hydrogen) atoms. The van der Waals surface area contributed by atoms with E-state index in [1.165, 1.54) is 12.1 Å². The molecule has 0 saturated heterocycles. The van der Waals surface area contributed by atoms with Crippen molar-refractivity contribution in [2.45, 2.75) is 0 Å². The van der Waals surface area contributed by atoms with Crippen LogP contribution in [-0.2, 0) is 0 Å². The predicted molar refractivity (Wildman–Crippen MR) is 54.0 cm³/mol. The minimum atomic E-state index is -1.55. The third-order valence-electron chi connectivity index (χ3n) is 1.32. The van der Waals surface area contributed by atoms with Crippen LogP contribution >= 0.6 is 39.1 Å². The molecular formula is C6H4BBrCl2O2. The van der Waals surface area contributed by atoms with E-state index in [1.54, 1.807) is 0 Å². The molecule has 6 heteroatoms. The third kappa shape index (κ3) is 2.15. The Morgan fingerprint density at radius 2 is 1.67 bits per heavy atom. The van der Waals surface area contributed by atoms with Gasteiger partial charge in [0.25, 0.3) is 0 Å². The molecule has 0 saturated carbocycles. The highest BCUT2D eigenvalue weighted by Crippen LogP contribution is 2.23. The van der Waals surface area contributed by atoms with Gasteiger partial charge in [0.15, 0.2) is 0 Å². The van der Waals surface area contributed by atoms with Gasteiger partial charge in [0, 0.05) is 4.47 Å². The second-order valence-corrected chi connectivity index (χ2v) is 3.83. The molecule has 0 amide bonds. The van der Waals surface area contributed by atoms with Crippen LogP contribution in [0.5, 0.6) is 0 Å². The van der Waals surface area contributed by atoms with E-state index in [4.69, 9.17) is 33.2 Å². The van der Waals surface area contributed by atoms with E-state index < -0.39 is 7.12 Å². The van der Waals surface area contributed by atoms with Crippen molar-refractivity contribution in [2.24, 2.45) is 0 Å². The summed E-state index contributed by atoms with van der Waals surface area (Å²) in [7, 11) is -1.55. The summed E-state index contributed by atoms with van der Waals surface area (Å²) >= 11 is 14.4. The zero-order valence-electron chi connectivity index (χ0n) is 5.76. The predicted octanol–water partition coefficient (Wildman–Crippen LogP) is 1.44. The molecule has 1 aromatic rings. The van der Waals surface area contributed by atoms with Crippen molar-refractivity contribution in [1.82, 2.24) is 0 Å². The molecule has 2 N–H and O–H groups in total. The highest BCUT2D eigenvalue weighted by Gasteiger charge is 2.16. The van der Waals surface area contributed by atoms with E-state index in [-0.39, 0.29) is 0 Å². The highest BCUT2D eigenvalue weighted by atomic mass is 79.9. The maximum atomic E-state index is 8.84. The average molecular weight is 270 g/mol. The van der Waals surface area contributed by atoms with Crippen molar-refractivity contribution in [1.29, 1.82) is 0 Å². The van der Waals surface area contributed by atoms with Crippen molar-refractivity contribution < 1.29 is 10.0 Å². The lowest BCUT2D eigenvalue weighted by molar-refractivity contribution is 0.425. The molecular weight excluding hydrogens is 266 g/mol. The van der Waals surface area contributed by atoms with E-state index >= 15 is 0 Å². The Balaban J connectivity index is 3.23. The van der Waals surface area contributed by atoms with Gasteiger partial charge >= 0.3 is 7.12 Å². The smallest absolute Gasteiger partial charge is 0.423 e. The van der Waals surface area contributed by atoms with Crippen molar-refractivity contribution in [3.05, 3.63) is 26.7 Å². The molecule has 0 aliphatic heterocycles. The van der Waals surface area contributed by atoms with Crippen LogP contribution in [0, 0.1) is 0 Å². The third-order valence-corrected chi connectivity index (χ3v) is 2.73. The van der Waals surface area contributed by atoms with E-state index in [0.29, 0.717) is 20.0 Å². The van der Waals surface area contributed by atoms with Crippen molar-refractivity contribution in [3.8, 4) is 0 Å². The van der Waals surface area contributed by atoms with Crippen LogP contribution < -0.4 is 5.46 Å². The van der Waals surface area contributed by atoms with Crippen molar-refractivity contribution >= 4 is 51.7 Å². The number of benzene rings is 1. The van der Waals surface area contributed by atoms with Crippen LogP contribution in [0.25, 0.3) is 0 Å². The number of hydrogen-bond donors (Lipinski definition) is 2. The molecule has 1 rings (SSSR count). The van der Waals surface area contributed by atoms with Crippen molar-refractivity contribution in [3.63, 3.8) is 0 Å². The first-order chi connectivity index (χ1) is 5.52. The Bertz CT molecular complexity index is 306. The Morgan fingerprint density at radius 3 is 2.17 bits per heavy atom. The summed E-state index contributed by atoms with van der Waals surface area (Å²) in [6, 6.07) is 2.91. The van der Waals surface area contributed by atoms with Crippen LogP contribution in [-0.4, -0.2) is 17.2 Å². The van der Waals surface area contributed by atoms with Crippen molar-refractivity contribution in [2.75, 3.05) is 0 Å². The van der Waals surface area contributed by atoms with Crippen LogP contribution in [0.15, 0.2) is 16.6 Å². The first kappa shape index (κ1) is 10.3. The highest BCUT2D eigenvalue weighted by molar-refractivity contribution is 9.10. The average Bonchev–Trinajstić information content (AvgIpc) is 1.96. The molecule has 0 atom stereocenters. The normalized spacial score (nSPS) is 10.1.